The van der Waals surface area contributed by atoms with Gasteiger partial charge in [0.05, 0.1) is 19.0 Å². The molecule has 0 unspecified atom stereocenters. The molecule has 1 aromatic rings. The Morgan fingerprint density at radius 3 is 2.88 bits per heavy atom. The summed E-state index contributed by atoms with van der Waals surface area (Å²) in [5, 5.41) is 3.13. The summed E-state index contributed by atoms with van der Waals surface area (Å²) in [4.78, 5) is 8.47. The van der Waals surface area contributed by atoms with Gasteiger partial charge in [0.2, 0.25) is 5.88 Å². The first-order valence-corrected chi connectivity index (χ1v) is 6.57. The van der Waals surface area contributed by atoms with Gasteiger partial charge in [-0.2, -0.15) is 4.98 Å². The van der Waals surface area contributed by atoms with Crippen molar-refractivity contribution in [3.63, 3.8) is 0 Å². The minimum Gasteiger partial charge on any atom is -0.476 e. The second kappa shape index (κ2) is 6.42. The van der Waals surface area contributed by atoms with E-state index in [9.17, 15) is 0 Å². The lowest BCUT2D eigenvalue weighted by molar-refractivity contribution is 0.202. The zero-order valence-electron chi connectivity index (χ0n) is 10.5. The molecule has 1 aliphatic rings. The van der Waals surface area contributed by atoms with Crippen molar-refractivity contribution in [3.8, 4) is 5.88 Å². The van der Waals surface area contributed by atoms with Crippen LogP contribution in [0.15, 0.2) is 12.4 Å². The van der Waals surface area contributed by atoms with E-state index in [1.165, 1.54) is 32.1 Å². The van der Waals surface area contributed by atoms with Crippen molar-refractivity contribution < 1.29 is 4.74 Å². The molecular formula is C13H21N3O. The molecule has 1 aromatic heterocycles. The number of anilines is 1. The molecule has 17 heavy (non-hydrogen) atoms. The zero-order valence-corrected chi connectivity index (χ0v) is 10.5. The molecular weight excluding hydrogens is 214 g/mol. The van der Waals surface area contributed by atoms with Crippen LogP contribution in [0.4, 0.5) is 5.82 Å². The standard InChI is InChI=1S/C13H21N3O/c1-2-15-12-8-14-9-13(16-12)17-10-11-6-4-3-5-7-11/h8-9,11H,2-7,10H2,1H3,(H,15,16). The molecule has 0 bridgehead atoms. The normalized spacial score (nSPS) is 16.8. The van der Waals surface area contributed by atoms with Gasteiger partial charge in [-0.1, -0.05) is 19.3 Å². The molecule has 94 valence electrons. The van der Waals surface area contributed by atoms with Crippen molar-refractivity contribution >= 4 is 5.82 Å². The van der Waals surface area contributed by atoms with E-state index >= 15 is 0 Å². The van der Waals surface area contributed by atoms with Gasteiger partial charge in [0.1, 0.15) is 5.82 Å². The molecule has 1 N–H and O–H groups in total. The number of nitrogens with zero attached hydrogens (tertiary/aromatic N) is 2. The topological polar surface area (TPSA) is 47.0 Å². The van der Waals surface area contributed by atoms with Crippen LogP contribution >= 0.6 is 0 Å². The largest absolute Gasteiger partial charge is 0.476 e. The molecule has 1 aliphatic carbocycles. The van der Waals surface area contributed by atoms with Crippen molar-refractivity contribution in [2.45, 2.75) is 39.0 Å². The number of hydrogen-bond acceptors (Lipinski definition) is 4. The van der Waals surface area contributed by atoms with Crippen LogP contribution in [0.5, 0.6) is 5.88 Å². The van der Waals surface area contributed by atoms with Crippen LogP contribution in [-0.4, -0.2) is 23.1 Å². The van der Waals surface area contributed by atoms with Gasteiger partial charge in [-0.3, -0.25) is 4.98 Å². The summed E-state index contributed by atoms with van der Waals surface area (Å²) < 4.78 is 5.72. The zero-order chi connectivity index (χ0) is 11.9. The van der Waals surface area contributed by atoms with E-state index < -0.39 is 0 Å². The average molecular weight is 235 g/mol. The third-order valence-corrected chi connectivity index (χ3v) is 3.16. The summed E-state index contributed by atoms with van der Waals surface area (Å²) in [5.41, 5.74) is 0. The molecule has 0 amide bonds. The van der Waals surface area contributed by atoms with Gasteiger partial charge in [0.15, 0.2) is 0 Å². The Hall–Kier alpha value is -1.32. The molecule has 4 nitrogen and oxygen atoms in total. The summed E-state index contributed by atoms with van der Waals surface area (Å²) >= 11 is 0. The maximum absolute atomic E-state index is 5.72. The van der Waals surface area contributed by atoms with Crippen LogP contribution in [0.25, 0.3) is 0 Å². The number of nitrogens with one attached hydrogen (secondary N) is 1. The van der Waals surface area contributed by atoms with Crippen molar-refractivity contribution in [1.82, 2.24) is 9.97 Å². The third kappa shape index (κ3) is 3.88. The predicted octanol–water partition coefficient (Wildman–Crippen LogP) is 2.87. The lowest BCUT2D eigenvalue weighted by Crippen LogP contribution is -2.16. The number of hydrogen-bond donors (Lipinski definition) is 1. The molecule has 0 atom stereocenters. The molecule has 0 aliphatic heterocycles. The minimum absolute atomic E-state index is 0.633. The summed E-state index contributed by atoms with van der Waals surface area (Å²) in [6.45, 7) is 3.67. The van der Waals surface area contributed by atoms with Crippen LogP contribution in [0, 0.1) is 5.92 Å². The monoisotopic (exact) mass is 235 g/mol. The highest BCUT2D eigenvalue weighted by Gasteiger charge is 2.14. The van der Waals surface area contributed by atoms with Crippen molar-refractivity contribution in [2.24, 2.45) is 5.92 Å². The van der Waals surface area contributed by atoms with Gasteiger partial charge in [0, 0.05) is 6.54 Å². The van der Waals surface area contributed by atoms with Gasteiger partial charge in [-0.05, 0) is 25.7 Å². The lowest BCUT2D eigenvalue weighted by atomic mass is 9.90. The Labute approximate surface area is 103 Å². The fourth-order valence-corrected chi connectivity index (χ4v) is 2.24. The molecule has 0 saturated heterocycles. The maximum atomic E-state index is 5.72. The van der Waals surface area contributed by atoms with Crippen molar-refractivity contribution in [1.29, 1.82) is 0 Å². The van der Waals surface area contributed by atoms with Crippen LogP contribution in [-0.2, 0) is 0 Å². The predicted molar refractivity (Wildman–Crippen MR) is 68.3 cm³/mol. The first-order valence-electron chi connectivity index (χ1n) is 6.57. The van der Waals surface area contributed by atoms with Gasteiger partial charge < -0.3 is 10.1 Å². The number of ether oxygens (including phenoxy) is 1. The Morgan fingerprint density at radius 1 is 1.29 bits per heavy atom. The second-order valence-electron chi connectivity index (χ2n) is 4.59. The third-order valence-electron chi connectivity index (χ3n) is 3.16. The van der Waals surface area contributed by atoms with Gasteiger partial charge in [-0.25, -0.2) is 0 Å². The van der Waals surface area contributed by atoms with E-state index in [1.807, 2.05) is 6.92 Å². The Balaban J connectivity index is 1.83. The average Bonchev–Trinajstić information content (AvgIpc) is 2.39. The Kier molecular flexibility index (Phi) is 4.59. The SMILES string of the molecule is CCNc1cncc(OCC2CCCCC2)n1. The molecule has 2 rings (SSSR count). The highest BCUT2D eigenvalue weighted by molar-refractivity contribution is 5.32. The number of aromatic nitrogens is 2. The molecule has 1 fully saturated rings. The smallest absolute Gasteiger partial charge is 0.234 e. The fourth-order valence-electron chi connectivity index (χ4n) is 2.24. The van der Waals surface area contributed by atoms with Crippen LogP contribution < -0.4 is 10.1 Å². The Bertz CT molecular complexity index is 337. The van der Waals surface area contributed by atoms with E-state index in [-0.39, 0.29) is 0 Å². The van der Waals surface area contributed by atoms with E-state index in [1.54, 1.807) is 12.4 Å². The molecule has 4 heteroatoms. The summed E-state index contributed by atoms with van der Waals surface area (Å²) in [7, 11) is 0. The molecule has 0 aromatic carbocycles. The van der Waals surface area contributed by atoms with Crippen LogP contribution in [0.3, 0.4) is 0 Å². The molecule has 0 spiro atoms. The van der Waals surface area contributed by atoms with Gasteiger partial charge in [-0.15, -0.1) is 0 Å². The summed E-state index contributed by atoms with van der Waals surface area (Å²) in [6, 6.07) is 0. The van der Waals surface area contributed by atoms with Crippen LogP contribution in [0.2, 0.25) is 0 Å². The van der Waals surface area contributed by atoms with E-state index in [0.29, 0.717) is 11.8 Å². The Morgan fingerprint density at radius 2 is 2.12 bits per heavy atom. The van der Waals surface area contributed by atoms with Gasteiger partial charge in [0.25, 0.3) is 0 Å². The highest BCUT2D eigenvalue weighted by atomic mass is 16.5. The quantitative estimate of drug-likeness (QED) is 0.852. The van der Waals surface area contributed by atoms with E-state index in [2.05, 4.69) is 15.3 Å². The fraction of sp³-hybridized carbons (Fsp3) is 0.692. The summed E-state index contributed by atoms with van der Waals surface area (Å²) in [5.74, 6) is 2.12. The minimum atomic E-state index is 0.633. The molecule has 1 saturated carbocycles. The first kappa shape index (κ1) is 12.1. The maximum Gasteiger partial charge on any atom is 0.234 e. The van der Waals surface area contributed by atoms with Crippen molar-refractivity contribution in [2.75, 3.05) is 18.5 Å². The first-order chi connectivity index (χ1) is 8.38. The van der Waals surface area contributed by atoms with E-state index in [0.717, 1.165) is 19.0 Å². The molecule has 1 heterocycles. The lowest BCUT2D eigenvalue weighted by Gasteiger charge is -2.21. The second-order valence-corrected chi connectivity index (χ2v) is 4.59. The van der Waals surface area contributed by atoms with E-state index in [4.69, 9.17) is 4.74 Å². The summed E-state index contributed by atoms with van der Waals surface area (Å²) in [6.07, 6.45) is 10.1. The van der Waals surface area contributed by atoms with Crippen molar-refractivity contribution in [3.05, 3.63) is 12.4 Å². The van der Waals surface area contributed by atoms with Gasteiger partial charge >= 0.3 is 0 Å². The molecule has 0 radical (unpaired) electrons. The van der Waals surface area contributed by atoms with Crippen LogP contribution in [0.1, 0.15) is 39.0 Å². The number of rotatable bonds is 5. The highest BCUT2D eigenvalue weighted by Crippen LogP contribution is 2.24.